The highest BCUT2D eigenvalue weighted by Crippen LogP contribution is 2.23. The van der Waals surface area contributed by atoms with E-state index in [-0.39, 0.29) is 13.0 Å². The monoisotopic (exact) mass is 420 g/mol. The number of carbonyl (C=O) groups is 3. The Morgan fingerprint density at radius 1 is 1.04 bits per heavy atom. The van der Waals surface area contributed by atoms with Gasteiger partial charge in [-0.05, 0) is 35.9 Å². The minimum Gasteiger partial charge on any atom is -0.452 e. The summed E-state index contributed by atoms with van der Waals surface area (Å²) in [5.41, 5.74) is 6.40. The molecular weight excluding hydrogens is 403 g/mol. The van der Waals surface area contributed by atoms with E-state index < -0.39 is 24.4 Å². The molecule has 2 aromatic rings. The lowest BCUT2D eigenvalue weighted by Gasteiger charge is -2.22. The summed E-state index contributed by atoms with van der Waals surface area (Å²) in [7, 11) is 0. The first-order valence-electron chi connectivity index (χ1n) is 8.30. The van der Waals surface area contributed by atoms with Gasteiger partial charge in [0.2, 0.25) is 5.91 Å². The lowest BCUT2D eigenvalue weighted by molar-refractivity contribution is -0.143. The number of nitrogens with two attached hydrogens (primary N) is 1. The summed E-state index contributed by atoms with van der Waals surface area (Å²) in [4.78, 5) is 36.8. The van der Waals surface area contributed by atoms with Crippen molar-refractivity contribution >= 4 is 52.7 Å². The van der Waals surface area contributed by atoms with Gasteiger partial charge in [0.15, 0.2) is 6.61 Å². The van der Waals surface area contributed by atoms with E-state index in [9.17, 15) is 14.4 Å². The second kappa shape index (κ2) is 10.5. The van der Waals surface area contributed by atoms with E-state index in [4.69, 9.17) is 33.7 Å². The maximum atomic E-state index is 12.5. The first-order chi connectivity index (χ1) is 13.4. The van der Waals surface area contributed by atoms with Crippen LogP contribution in [0.2, 0.25) is 10.0 Å². The zero-order valence-corrected chi connectivity index (χ0v) is 16.3. The third-order valence-electron chi connectivity index (χ3n) is 3.64. The fourth-order valence-electron chi connectivity index (χ4n) is 2.27. The van der Waals surface area contributed by atoms with Crippen molar-refractivity contribution in [1.82, 2.24) is 0 Å². The van der Waals surface area contributed by atoms with Gasteiger partial charge in [0.1, 0.15) is 0 Å². The van der Waals surface area contributed by atoms with Gasteiger partial charge in [-0.25, -0.2) is 4.79 Å². The molecule has 2 amide bonds. The van der Waals surface area contributed by atoms with Crippen LogP contribution in [-0.2, 0) is 19.1 Å². The Balaban J connectivity index is 1.96. The first kappa shape index (κ1) is 21.5. The van der Waals surface area contributed by atoms with E-state index in [0.717, 1.165) is 0 Å². The SMILES string of the molecule is NC(=O)CCN(C(=O)COC(=O)/C=C/c1ccc(Cl)c(Cl)c1)c1ccccc1. The van der Waals surface area contributed by atoms with Crippen LogP contribution in [0.1, 0.15) is 12.0 Å². The van der Waals surface area contributed by atoms with Crippen LogP contribution in [0, 0.1) is 0 Å². The highest BCUT2D eigenvalue weighted by molar-refractivity contribution is 6.42. The topological polar surface area (TPSA) is 89.7 Å². The van der Waals surface area contributed by atoms with Crippen LogP contribution >= 0.6 is 23.2 Å². The Hall–Kier alpha value is -2.83. The van der Waals surface area contributed by atoms with Gasteiger partial charge in [-0.3, -0.25) is 9.59 Å². The van der Waals surface area contributed by atoms with Gasteiger partial charge in [0.25, 0.3) is 5.91 Å². The van der Waals surface area contributed by atoms with Crippen molar-refractivity contribution in [1.29, 1.82) is 0 Å². The standard InChI is InChI=1S/C20H18Cl2N2O4/c21-16-8-6-14(12-17(16)22)7-9-20(27)28-13-19(26)24(11-10-18(23)25)15-4-2-1-3-5-15/h1-9,12H,10-11,13H2,(H2,23,25)/b9-7+. The summed E-state index contributed by atoms with van der Waals surface area (Å²) in [6, 6.07) is 13.6. The Morgan fingerprint density at radius 3 is 2.39 bits per heavy atom. The molecule has 146 valence electrons. The molecule has 0 saturated carbocycles. The molecule has 0 radical (unpaired) electrons. The molecule has 28 heavy (non-hydrogen) atoms. The molecule has 2 rings (SSSR count). The number of para-hydroxylation sites is 1. The molecule has 0 aromatic heterocycles. The summed E-state index contributed by atoms with van der Waals surface area (Å²) in [6.07, 6.45) is 2.67. The van der Waals surface area contributed by atoms with Crippen LogP contribution in [0.3, 0.4) is 0 Å². The van der Waals surface area contributed by atoms with Crippen molar-refractivity contribution in [2.24, 2.45) is 5.73 Å². The molecule has 0 aliphatic rings. The smallest absolute Gasteiger partial charge is 0.331 e. The van der Waals surface area contributed by atoms with Gasteiger partial charge in [-0.1, -0.05) is 47.5 Å². The van der Waals surface area contributed by atoms with E-state index in [0.29, 0.717) is 21.3 Å². The van der Waals surface area contributed by atoms with Gasteiger partial charge in [-0.15, -0.1) is 0 Å². The average molecular weight is 421 g/mol. The fourth-order valence-corrected chi connectivity index (χ4v) is 2.57. The first-order valence-corrected chi connectivity index (χ1v) is 9.06. The summed E-state index contributed by atoms with van der Waals surface area (Å²) < 4.78 is 5.00. The van der Waals surface area contributed by atoms with Gasteiger partial charge < -0.3 is 15.4 Å². The average Bonchev–Trinajstić information content (AvgIpc) is 2.68. The largest absolute Gasteiger partial charge is 0.452 e. The minimum absolute atomic E-state index is 0.00813. The maximum absolute atomic E-state index is 12.5. The highest BCUT2D eigenvalue weighted by atomic mass is 35.5. The third-order valence-corrected chi connectivity index (χ3v) is 4.38. The number of amides is 2. The molecule has 0 aliphatic carbocycles. The van der Waals surface area contributed by atoms with Crippen LogP contribution < -0.4 is 10.6 Å². The number of hydrogen-bond acceptors (Lipinski definition) is 4. The molecule has 2 N–H and O–H groups in total. The number of ether oxygens (including phenoxy) is 1. The lowest BCUT2D eigenvalue weighted by atomic mass is 10.2. The van der Waals surface area contributed by atoms with E-state index in [1.54, 1.807) is 48.5 Å². The Labute approximate surface area is 172 Å². The fraction of sp³-hybridized carbons (Fsp3) is 0.150. The van der Waals surface area contributed by atoms with Crippen molar-refractivity contribution in [2.45, 2.75) is 6.42 Å². The van der Waals surface area contributed by atoms with Gasteiger partial charge in [0, 0.05) is 24.7 Å². The molecule has 0 spiro atoms. The van der Waals surface area contributed by atoms with Crippen LogP contribution in [0.25, 0.3) is 6.08 Å². The van der Waals surface area contributed by atoms with Crippen LogP contribution in [0.15, 0.2) is 54.6 Å². The molecule has 0 aliphatic heterocycles. The zero-order chi connectivity index (χ0) is 20.5. The van der Waals surface area contributed by atoms with Crippen LogP contribution in [0.5, 0.6) is 0 Å². The number of primary amides is 1. The Bertz CT molecular complexity index is 885. The van der Waals surface area contributed by atoms with E-state index >= 15 is 0 Å². The number of hydrogen-bond donors (Lipinski definition) is 1. The number of rotatable bonds is 8. The molecule has 0 fully saturated rings. The van der Waals surface area contributed by atoms with Gasteiger partial charge in [-0.2, -0.15) is 0 Å². The Kier molecular flexibility index (Phi) is 8.04. The summed E-state index contributed by atoms with van der Waals surface area (Å²) in [5, 5.41) is 0.768. The molecule has 0 bridgehead atoms. The van der Waals surface area contributed by atoms with Crippen LogP contribution in [0.4, 0.5) is 5.69 Å². The van der Waals surface area contributed by atoms with Crippen molar-refractivity contribution in [3.63, 3.8) is 0 Å². The molecule has 0 unspecified atom stereocenters. The predicted molar refractivity (Wildman–Crippen MR) is 109 cm³/mol. The lowest BCUT2D eigenvalue weighted by Crippen LogP contribution is -2.37. The molecule has 6 nitrogen and oxygen atoms in total. The zero-order valence-electron chi connectivity index (χ0n) is 14.8. The van der Waals surface area contributed by atoms with E-state index in [1.807, 2.05) is 0 Å². The van der Waals surface area contributed by atoms with Crippen molar-refractivity contribution in [2.75, 3.05) is 18.1 Å². The minimum atomic E-state index is -0.692. The number of carbonyl (C=O) groups excluding carboxylic acids is 3. The summed E-state index contributed by atoms with van der Waals surface area (Å²) in [5.74, 6) is -1.69. The number of halogens is 2. The summed E-state index contributed by atoms with van der Waals surface area (Å²) in [6.45, 7) is -0.382. The van der Waals surface area contributed by atoms with Crippen LogP contribution in [-0.4, -0.2) is 30.9 Å². The third kappa shape index (κ3) is 6.72. The second-order valence-corrected chi connectivity index (χ2v) is 6.53. The number of benzene rings is 2. The van der Waals surface area contributed by atoms with Crippen molar-refractivity contribution in [3.05, 3.63) is 70.2 Å². The van der Waals surface area contributed by atoms with Crippen molar-refractivity contribution < 1.29 is 19.1 Å². The number of anilines is 1. The normalized spacial score (nSPS) is 10.6. The second-order valence-electron chi connectivity index (χ2n) is 5.71. The van der Waals surface area contributed by atoms with Crippen molar-refractivity contribution in [3.8, 4) is 0 Å². The molecule has 0 saturated heterocycles. The highest BCUT2D eigenvalue weighted by Gasteiger charge is 2.17. The summed E-state index contributed by atoms with van der Waals surface area (Å²) >= 11 is 11.7. The molecule has 0 heterocycles. The molecule has 2 aromatic carbocycles. The number of esters is 1. The van der Waals surface area contributed by atoms with Gasteiger partial charge >= 0.3 is 5.97 Å². The quantitative estimate of drug-likeness (QED) is 0.522. The number of nitrogens with zero attached hydrogens (tertiary/aromatic N) is 1. The van der Waals surface area contributed by atoms with E-state index in [1.165, 1.54) is 17.1 Å². The maximum Gasteiger partial charge on any atom is 0.331 e. The molecular formula is C20H18Cl2N2O4. The van der Waals surface area contributed by atoms with Gasteiger partial charge in [0.05, 0.1) is 10.0 Å². The Morgan fingerprint density at radius 2 is 1.75 bits per heavy atom. The molecule has 8 heteroatoms. The van der Waals surface area contributed by atoms with E-state index in [2.05, 4.69) is 0 Å². The molecule has 0 atom stereocenters. The predicted octanol–water partition coefficient (Wildman–Crippen LogP) is 3.46.